The lowest BCUT2D eigenvalue weighted by Gasteiger charge is -2.37. The van der Waals surface area contributed by atoms with Crippen molar-refractivity contribution in [2.45, 2.75) is 24.8 Å². The number of rotatable bonds is 2. The molecule has 2 fully saturated rings. The minimum absolute atomic E-state index is 0.0633. The summed E-state index contributed by atoms with van der Waals surface area (Å²) in [5, 5.41) is 3.80. The number of ether oxygens (including phenoxy) is 2. The lowest BCUT2D eigenvalue weighted by atomic mass is 10.0. The van der Waals surface area contributed by atoms with E-state index in [1.165, 1.54) is 17.0 Å². The van der Waals surface area contributed by atoms with E-state index in [-0.39, 0.29) is 22.9 Å². The minimum Gasteiger partial charge on any atom is -0.347 e. The van der Waals surface area contributed by atoms with Crippen molar-refractivity contribution >= 4 is 11.7 Å². The van der Waals surface area contributed by atoms with E-state index in [9.17, 15) is 22.4 Å². The standard InChI is InChI=1S/C20H17F4N5O3/c21-13-3-1-12(2-4-13)14-11-15(20(22,23)24)29-18(25-14)26-16(27-29)17(30)28-7-5-19(6-8-28)31-9-10-32-19/h1-4,11H,5-10H2. The fraction of sp³-hybridized carbons (Fsp3) is 0.400. The second-order valence-corrected chi connectivity index (χ2v) is 7.58. The van der Waals surface area contributed by atoms with E-state index in [4.69, 9.17) is 9.47 Å². The number of nitrogens with zero attached hydrogens (tertiary/aromatic N) is 5. The highest BCUT2D eigenvalue weighted by Crippen LogP contribution is 2.33. The maximum atomic E-state index is 13.7. The van der Waals surface area contributed by atoms with Crippen LogP contribution in [0.3, 0.4) is 0 Å². The van der Waals surface area contributed by atoms with Crippen LogP contribution in [0.5, 0.6) is 0 Å². The molecule has 2 aliphatic rings. The number of alkyl halides is 3. The zero-order valence-corrected chi connectivity index (χ0v) is 16.6. The van der Waals surface area contributed by atoms with Crippen LogP contribution < -0.4 is 0 Å². The van der Waals surface area contributed by atoms with Crippen molar-refractivity contribution in [1.29, 1.82) is 0 Å². The minimum atomic E-state index is -4.78. The number of halogens is 4. The Morgan fingerprint density at radius 3 is 2.31 bits per heavy atom. The summed E-state index contributed by atoms with van der Waals surface area (Å²) >= 11 is 0. The van der Waals surface area contributed by atoms with Crippen LogP contribution in [0, 0.1) is 5.82 Å². The first-order valence-electron chi connectivity index (χ1n) is 9.92. The van der Waals surface area contributed by atoms with Gasteiger partial charge in [-0.1, -0.05) is 0 Å². The second kappa shape index (κ2) is 7.48. The summed E-state index contributed by atoms with van der Waals surface area (Å²) in [5.74, 6) is -2.59. The molecule has 8 nitrogen and oxygen atoms in total. The largest absolute Gasteiger partial charge is 0.433 e. The SMILES string of the molecule is O=C(c1nc2nc(-c3ccc(F)cc3)cc(C(F)(F)F)n2n1)N1CCC2(CC1)OCCO2. The van der Waals surface area contributed by atoms with Gasteiger partial charge in [-0.25, -0.2) is 9.37 Å². The molecule has 168 valence electrons. The molecule has 12 heteroatoms. The second-order valence-electron chi connectivity index (χ2n) is 7.58. The Kier molecular flexibility index (Phi) is 4.86. The van der Waals surface area contributed by atoms with Gasteiger partial charge in [-0.05, 0) is 30.3 Å². The molecule has 2 aromatic heterocycles. The first-order valence-corrected chi connectivity index (χ1v) is 9.92. The predicted octanol–water partition coefficient (Wildman–Crippen LogP) is 2.93. The van der Waals surface area contributed by atoms with E-state index in [1.54, 1.807) is 0 Å². The molecule has 2 saturated heterocycles. The highest BCUT2D eigenvalue weighted by atomic mass is 19.4. The fourth-order valence-corrected chi connectivity index (χ4v) is 3.91. The van der Waals surface area contributed by atoms with Crippen molar-refractivity contribution in [2.75, 3.05) is 26.3 Å². The summed E-state index contributed by atoms with van der Waals surface area (Å²) in [7, 11) is 0. The number of fused-ring (bicyclic) bond motifs is 1. The van der Waals surface area contributed by atoms with Gasteiger partial charge in [-0.2, -0.15) is 22.7 Å². The lowest BCUT2D eigenvalue weighted by Crippen LogP contribution is -2.47. The molecule has 1 amide bonds. The molecule has 0 atom stereocenters. The number of benzene rings is 1. The fourth-order valence-electron chi connectivity index (χ4n) is 3.91. The summed E-state index contributed by atoms with van der Waals surface area (Å²) in [6.07, 6.45) is -3.88. The molecule has 0 aliphatic carbocycles. The zero-order chi connectivity index (χ0) is 22.5. The third kappa shape index (κ3) is 3.69. The summed E-state index contributed by atoms with van der Waals surface area (Å²) in [6.45, 7) is 1.58. The average molecular weight is 451 g/mol. The number of hydrogen-bond acceptors (Lipinski definition) is 6. The van der Waals surface area contributed by atoms with Crippen LogP contribution in [0.4, 0.5) is 17.6 Å². The van der Waals surface area contributed by atoms with E-state index >= 15 is 0 Å². The van der Waals surface area contributed by atoms with Gasteiger partial charge in [0.05, 0.1) is 18.9 Å². The normalized spacial score (nSPS) is 18.6. The van der Waals surface area contributed by atoms with Crippen LogP contribution >= 0.6 is 0 Å². The molecular formula is C20H17F4N5O3. The Morgan fingerprint density at radius 2 is 1.69 bits per heavy atom. The summed E-state index contributed by atoms with van der Waals surface area (Å²) in [6, 6.07) is 5.66. The van der Waals surface area contributed by atoms with Crippen LogP contribution in [-0.4, -0.2) is 62.5 Å². The third-order valence-corrected chi connectivity index (χ3v) is 5.56. The van der Waals surface area contributed by atoms with Crippen LogP contribution in [0.1, 0.15) is 29.2 Å². The van der Waals surface area contributed by atoms with Crippen LogP contribution in [0.25, 0.3) is 17.0 Å². The van der Waals surface area contributed by atoms with Crippen molar-refractivity contribution < 1.29 is 31.8 Å². The topological polar surface area (TPSA) is 81.9 Å². The number of hydrogen-bond donors (Lipinski definition) is 0. The van der Waals surface area contributed by atoms with Gasteiger partial charge in [0.25, 0.3) is 11.7 Å². The van der Waals surface area contributed by atoms with Crippen molar-refractivity contribution in [3.05, 3.63) is 47.7 Å². The predicted molar refractivity (Wildman–Crippen MR) is 101 cm³/mol. The molecule has 3 aromatic rings. The monoisotopic (exact) mass is 451 g/mol. The van der Waals surface area contributed by atoms with Crippen molar-refractivity contribution in [3.63, 3.8) is 0 Å². The Morgan fingerprint density at radius 1 is 1.03 bits per heavy atom. The van der Waals surface area contributed by atoms with Gasteiger partial charge in [0.15, 0.2) is 11.5 Å². The number of piperidine rings is 1. The Hall–Kier alpha value is -3.12. The van der Waals surface area contributed by atoms with Gasteiger partial charge >= 0.3 is 6.18 Å². The molecule has 0 N–H and O–H groups in total. The van der Waals surface area contributed by atoms with Crippen molar-refractivity contribution in [1.82, 2.24) is 24.5 Å². The first kappa shape index (κ1) is 20.8. The van der Waals surface area contributed by atoms with Crippen LogP contribution in [-0.2, 0) is 15.7 Å². The number of aromatic nitrogens is 4. The van der Waals surface area contributed by atoms with Gasteiger partial charge in [-0.3, -0.25) is 4.79 Å². The number of carbonyl (C=O) groups is 1. The molecule has 0 unspecified atom stereocenters. The molecule has 2 aliphatic heterocycles. The van der Waals surface area contributed by atoms with Gasteiger partial charge in [0.1, 0.15) is 5.82 Å². The quantitative estimate of drug-likeness (QED) is 0.558. The van der Waals surface area contributed by atoms with E-state index in [1.807, 2.05) is 0 Å². The van der Waals surface area contributed by atoms with E-state index < -0.39 is 29.4 Å². The number of likely N-dealkylation sites (tertiary alicyclic amines) is 1. The molecule has 5 rings (SSSR count). The first-order chi connectivity index (χ1) is 15.2. The lowest BCUT2D eigenvalue weighted by molar-refractivity contribution is -0.181. The highest BCUT2D eigenvalue weighted by Gasteiger charge is 2.42. The Labute approximate surface area is 178 Å². The summed E-state index contributed by atoms with van der Waals surface area (Å²) in [4.78, 5) is 22.4. The molecule has 1 spiro atoms. The Bertz CT molecular complexity index is 1160. The van der Waals surface area contributed by atoms with Crippen LogP contribution in [0.2, 0.25) is 0 Å². The Balaban J connectivity index is 1.48. The van der Waals surface area contributed by atoms with Gasteiger partial charge < -0.3 is 14.4 Å². The smallest absolute Gasteiger partial charge is 0.347 e. The van der Waals surface area contributed by atoms with E-state index in [0.717, 1.165) is 18.2 Å². The van der Waals surface area contributed by atoms with E-state index in [2.05, 4.69) is 15.1 Å². The molecule has 32 heavy (non-hydrogen) atoms. The third-order valence-electron chi connectivity index (χ3n) is 5.56. The highest BCUT2D eigenvalue weighted by molar-refractivity contribution is 5.91. The zero-order valence-electron chi connectivity index (χ0n) is 16.6. The maximum absolute atomic E-state index is 13.7. The number of carbonyl (C=O) groups excluding carboxylic acids is 1. The number of amides is 1. The molecule has 0 radical (unpaired) electrons. The molecule has 1 aromatic carbocycles. The molecular weight excluding hydrogens is 434 g/mol. The van der Waals surface area contributed by atoms with E-state index in [0.29, 0.717) is 43.7 Å². The van der Waals surface area contributed by atoms with Crippen LogP contribution in [0.15, 0.2) is 30.3 Å². The molecule has 0 bridgehead atoms. The van der Waals surface area contributed by atoms with Crippen molar-refractivity contribution in [2.24, 2.45) is 0 Å². The molecule has 4 heterocycles. The molecule has 0 saturated carbocycles. The maximum Gasteiger partial charge on any atom is 0.433 e. The van der Waals surface area contributed by atoms with Gasteiger partial charge in [0.2, 0.25) is 5.82 Å². The van der Waals surface area contributed by atoms with Gasteiger partial charge in [-0.15, -0.1) is 5.10 Å². The van der Waals surface area contributed by atoms with Crippen molar-refractivity contribution in [3.8, 4) is 11.3 Å². The average Bonchev–Trinajstić information content (AvgIpc) is 3.40. The summed E-state index contributed by atoms with van der Waals surface area (Å²) in [5.41, 5.74) is -0.932. The summed E-state index contributed by atoms with van der Waals surface area (Å²) < 4.78 is 66.1. The van der Waals surface area contributed by atoms with Gasteiger partial charge in [0, 0.05) is 31.5 Å².